The maximum absolute atomic E-state index is 12.2. The van der Waals surface area contributed by atoms with E-state index in [2.05, 4.69) is 5.16 Å². The Morgan fingerprint density at radius 1 is 1.50 bits per heavy atom. The molecule has 5 heteroatoms. The van der Waals surface area contributed by atoms with Gasteiger partial charge in [-0.3, -0.25) is 4.79 Å². The number of likely N-dealkylation sites (tertiary alicyclic amines) is 1. The van der Waals surface area contributed by atoms with Gasteiger partial charge in [0.25, 0.3) is 0 Å². The Balaban J connectivity index is 1.82. The average Bonchev–Trinajstić information content (AvgIpc) is 2.39. The van der Waals surface area contributed by atoms with Crippen LogP contribution in [0.1, 0.15) is 32.6 Å². The van der Waals surface area contributed by atoms with E-state index in [1.165, 1.54) is 24.3 Å². The van der Waals surface area contributed by atoms with Crippen molar-refractivity contribution < 1.29 is 10.0 Å². The minimum atomic E-state index is 0.189. The third-order valence-electron chi connectivity index (χ3n) is 3.99. The van der Waals surface area contributed by atoms with Gasteiger partial charge in [-0.2, -0.15) is 11.8 Å². The fraction of sp³-hybridized carbons (Fsp3) is 0.846. The van der Waals surface area contributed by atoms with Gasteiger partial charge in [0.05, 0.1) is 5.71 Å². The Bertz CT molecular complexity index is 327. The number of rotatable bonds is 2. The quantitative estimate of drug-likeness (QED) is 0.618. The predicted molar refractivity (Wildman–Crippen MR) is 74.2 cm³/mol. The highest BCUT2D eigenvalue weighted by molar-refractivity contribution is 7.99. The van der Waals surface area contributed by atoms with E-state index in [0.717, 1.165) is 5.71 Å². The molecule has 1 amide bonds. The third-order valence-corrected chi connectivity index (χ3v) is 5.04. The molecular formula is C13H22N2O2S. The summed E-state index contributed by atoms with van der Waals surface area (Å²) in [5.41, 5.74) is 0.827. The molecule has 0 radical (unpaired) electrons. The Kier molecular flexibility index (Phi) is 4.92. The highest BCUT2D eigenvalue weighted by atomic mass is 32.2. The van der Waals surface area contributed by atoms with E-state index >= 15 is 0 Å². The molecule has 2 aliphatic heterocycles. The van der Waals surface area contributed by atoms with Crippen molar-refractivity contribution in [1.29, 1.82) is 0 Å². The molecule has 2 aliphatic rings. The lowest BCUT2D eigenvalue weighted by molar-refractivity contribution is -0.132. The van der Waals surface area contributed by atoms with Gasteiger partial charge < -0.3 is 10.1 Å². The summed E-state index contributed by atoms with van der Waals surface area (Å²) in [6.45, 7) is 3.44. The Morgan fingerprint density at radius 3 is 2.83 bits per heavy atom. The van der Waals surface area contributed by atoms with Crippen LogP contribution < -0.4 is 0 Å². The highest BCUT2D eigenvalue weighted by Gasteiger charge is 2.27. The number of oxime groups is 1. The van der Waals surface area contributed by atoms with Crippen molar-refractivity contribution in [2.24, 2.45) is 17.0 Å². The smallest absolute Gasteiger partial charge is 0.222 e. The van der Waals surface area contributed by atoms with Crippen LogP contribution in [-0.4, -0.2) is 46.3 Å². The first kappa shape index (κ1) is 13.7. The average molecular weight is 270 g/mol. The van der Waals surface area contributed by atoms with Crippen molar-refractivity contribution in [1.82, 2.24) is 4.90 Å². The maximum Gasteiger partial charge on any atom is 0.222 e. The van der Waals surface area contributed by atoms with E-state index < -0.39 is 0 Å². The normalized spacial score (nSPS) is 28.6. The second kappa shape index (κ2) is 6.45. The van der Waals surface area contributed by atoms with Crippen LogP contribution in [0.2, 0.25) is 0 Å². The molecule has 0 spiro atoms. The Labute approximate surface area is 113 Å². The first-order valence-corrected chi connectivity index (χ1v) is 7.92. The molecule has 0 aromatic heterocycles. The lowest BCUT2D eigenvalue weighted by atomic mass is 9.94. The zero-order chi connectivity index (χ0) is 13.0. The maximum atomic E-state index is 12.2. The van der Waals surface area contributed by atoms with Crippen molar-refractivity contribution in [3.05, 3.63) is 0 Å². The van der Waals surface area contributed by atoms with Gasteiger partial charge in [0, 0.05) is 31.8 Å². The van der Waals surface area contributed by atoms with Crippen LogP contribution in [0, 0.1) is 11.8 Å². The van der Waals surface area contributed by atoms with Crippen molar-refractivity contribution in [3.8, 4) is 0 Å². The van der Waals surface area contributed by atoms with E-state index in [1.807, 2.05) is 23.6 Å². The summed E-state index contributed by atoms with van der Waals surface area (Å²) in [6, 6.07) is 0. The molecule has 0 bridgehead atoms. The second-order valence-electron chi connectivity index (χ2n) is 5.34. The molecule has 2 saturated heterocycles. The summed E-state index contributed by atoms with van der Waals surface area (Å²) in [6.07, 6.45) is 3.79. The van der Waals surface area contributed by atoms with Crippen LogP contribution in [0.3, 0.4) is 0 Å². The molecule has 1 unspecified atom stereocenters. The molecule has 2 fully saturated rings. The molecule has 2 rings (SSSR count). The van der Waals surface area contributed by atoms with Gasteiger partial charge in [0.15, 0.2) is 0 Å². The van der Waals surface area contributed by atoms with E-state index in [1.54, 1.807) is 0 Å². The fourth-order valence-corrected chi connectivity index (χ4v) is 3.93. The molecule has 1 N–H and O–H groups in total. The Hall–Kier alpha value is -0.710. The van der Waals surface area contributed by atoms with Gasteiger partial charge in [0.1, 0.15) is 0 Å². The van der Waals surface area contributed by atoms with Crippen LogP contribution in [-0.2, 0) is 4.79 Å². The number of hydrogen-bond acceptors (Lipinski definition) is 4. The van der Waals surface area contributed by atoms with Crippen LogP contribution in [0.5, 0.6) is 0 Å². The number of carbonyl (C=O) groups is 1. The first-order valence-electron chi connectivity index (χ1n) is 6.77. The monoisotopic (exact) mass is 270 g/mol. The van der Waals surface area contributed by atoms with E-state index in [4.69, 9.17) is 5.21 Å². The number of amides is 1. The highest BCUT2D eigenvalue weighted by Crippen LogP contribution is 2.26. The second-order valence-corrected chi connectivity index (χ2v) is 6.57. The van der Waals surface area contributed by atoms with Gasteiger partial charge in [0.2, 0.25) is 5.91 Å². The van der Waals surface area contributed by atoms with Crippen molar-refractivity contribution in [2.75, 3.05) is 24.6 Å². The third kappa shape index (κ3) is 3.40. The number of hydrogen-bond donors (Lipinski definition) is 1. The molecule has 0 saturated carbocycles. The first-order chi connectivity index (χ1) is 8.70. The van der Waals surface area contributed by atoms with Crippen LogP contribution in [0.4, 0.5) is 0 Å². The number of nitrogens with zero attached hydrogens (tertiary/aromatic N) is 2. The largest absolute Gasteiger partial charge is 0.411 e. The van der Waals surface area contributed by atoms with Crippen molar-refractivity contribution in [2.45, 2.75) is 32.6 Å². The summed E-state index contributed by atoms with van der Waals surface area (Å²) in [4.78, 5) is 14.2. The lowest BCUT2D eigenvalue weighted by Gasteiger charge is -2.33. The Morgan fingerprint density at radius 2 is 2.22 bits per heavy atom. The number of piperidine rings is 1. The summed E-state index contributed by atoms with van der Waals surface area (Å²) >= 11 is 2.00. The molecule has 18 heavy (non-hydrogen) atoms. The molecular weight excluding hydrogens is 248 g/mol. The SMILES string of the molecule is CC1CN(C(=O)CC2CCSCC2)CCC1=NO. The molecule has 0 aromatic rings. The summed E-state index contributed by atoms with van der Waals surface area (Å²) < 4.78 is 0. The molecule has 102 valence electrons. The molecule has 1 atom stereocenters. The van der Waals surface area contributed by atoms with Crippen LogP contribution in [0.25, 0.3) is 0 Å². The van der Waals surface area contributed by atoms with E-state index in [0.29, 0.717) is 31.8 Å². The zero-order valence-corrected chi connectivity index (χ0v) is 11.8. The number of carbonyl (C=O) groups excluding carboxylic acids is 1. The van der Waals surface area contributed by atoms with Crippen LogP contribution in [0.15, 0.2) is 5.16 Å². The summed E-state index contributed by atoms with van der Waals surface area (Å²) in [7, 11) is 0. The molecule has 0 aliphatic carbocycles. The van der Waals surface area contributed by atoms with Gasteiger partial charge >= 0.3 is 0 Å². The number of thioether (sulfide) groups is 1. The zero-order valence-electron chi connectivity index (χ0n) is 11.0. The predicted octanol–water partition coefficient (Wildman–Crippen LogP) is 2.22. The topological polar surface area (TPSA) is 52.9 Å². The molecule has 0 aromatic carbocycles. The lowest BCUT2D eigenvalue weighted by Crippen LogP contribution is -2.43. The van der Waals surface area contributed by atoms with Gasteiger partial charge in [-0.05, 0) is 30.3 Å². The minimum absolute atomic E-state index is 0.189. The van der Waals surface area contributed by atoms with Crippen molar-refractivity contribution in [3.63, 3.8) is 0 Å². The summed E-state index contributed by atoms with van der Waals surface area (Å²) in [5, 5.41) is 12.1. The summed E-state index contributed by atoms with van der Waals surface area (Å²) in [5.74, 6) is 3.47. The van der Waals surface area contributed by atoms with Gasteiger partial charge in [-0.25, -0.2) is 0 Å². The van der Waals surface area contributed by atoms with Crippen molar-refractivity contribution >= 4 is 23.4 Å². The molecule has 4 nitrogen and oxygen atoms in total. The van der Waals surface area contributed by atoms with Gasteiger partial charge in [-0.15, -0.1) is 0 Å². The van der Waals surface area contributed by atoms with Crippen LogP contribution >= 0.6 is 11.8 Å². The fourth-order valence-electron chi connectivity index (χ4n) is 2.72. The molecule has 2 heterocycles. The standard InChI is InChI=1S/C13H22N2O2S/c1-10-9-15(5-2-12(10)14-17)13(16)8-11-3-6-18-7-4-11/h10-11,17H,2-9H2,1H3. The van der Waals surface area contributed by atoms with E-state index in [9.17, 15) is 4.79 Å². The van der Waals surface area contributed by atoms with E-state index in [-0.39, 0.29) is 11.8 Å². The van der Waals surface area contributed by atoms with Gasteiger partial charge in [-0.1, -0.05) is 12.1 Å². The minimum Gasteiger partial charge on any atom is -0.411 e.